The van der Waals surface area contributed by atoms with E-state index in [1.807, 2.05) is 19.0 Å². The van der Waals surface area contributed by atoms with Crippen LogP contribution >= 0.6 is 0 Å². The molecule has 0 atom stereocenters. The maximum Gasteiger partial charge on any atom is 0.416 e. The molecule has 1 aliphatic heterocycles. The third-order valence-corrected chi connectivity index (χ3v) is 4.93. The van der Waals surface area contributed by atoms with E-state index in [1.165, 1.54) is 12.1 Å². The van der Waals surface area contributed by atoms with Crippen LogP contribution in [0.4, 0.5) is 19.1 Å². The van der Waals surface area contributed by atoms with Gasteiger partial charge in [0.1, 0.15) is 0 Å². The van der Waals surface area contributed by atoms with E-state index in [2.05, 4.69) is 14.9 Å². The number of piperidine rings is 1. The summed E-state index contributed by atoms with van der Waals surface area (Å²) >= 11 is 0. The van der Waals surface area contributed by atoms with Gasteiger partial charge < -0.3 is 10.0 Å². The van der Waals surface area contributed by atoms with Crippen molar-refractivity contribution in [3.8, 4) is 0 Å². The average Bonchev–Trinajstić information content (AvgIpc) is 2.64. The average molecular weight is 380 g/mol. The molecule has 0 saturated carbocycles. The summed E-state index contributed by atoms with van der Waals surface area (Å²) in [5.41, 5.74) is -0.269. The van der Waals surface area contributed by atoms with Crippen LogP contribution in [0.5, 0.6) is 0 Å². The summed E-state index contributed by atoms with van der Waals surface area (Å²) in [5.74, 6) is 0.647. The second-order valence-corrected chi connectivity index (χ2v) is 7.17. The molecule has 1 aliphatic rings. The van der Waals surface area contributed by atoms with Gasteiger partial charge in [-0.15, -0.1) is 0 Å². The SMILES string of the molecule is CN(C)c1ncc(CN2CCC(O)(c3ccc(C(F)(F)F)cc3)CC2)cn1. The maximum atomic E-state index is 12.7. The van der Waals surface area contributed by atoms with Crippen molar-refractivity contribution in [2.45, 2.75) is 31.2 Å². The lowest BCUT2D eigenvalue weighted by molar-refractivity contribution is -0.137. The largest absolute Gasteiger partial charge is 0.416 e. The highest BCUT2D eigenvalue weighted by atomic mass is 19.4. The molecule has 146 valence electrons. The summed E-state index contributed by atoms with van der Waals surface area (Å²) < 4.78 is 38.1. The van der Waals surface area contributed by atoms with Crippen molar-refractivity contribution >= 4 is 5.95 Å². The molecule has 8 heteroatoms. The van der Waals surface area contributed by atoms with Gasteiger partial charge in [-0.1, -0.05) is 12.1 Å². The first-order valence-corrected chi connectivity index (χ1v) is 8.78. The first-order valence-electron chi connectivity index (χ1n) is 8.78. The number of likely N-dealkylation sites (tertiary alicyclic amines) is 1. The molecule has 1 saturated heterocycles. The molecule has 0 bridgehead atoms. The Morgan fingerprint density at radius 1 is 1.07 bits per heavy atom. The second kappa shape index (κ2) is 7.44. The molecule has 0 spiro atoms. The van der Waals surface area contributed by atoms with Crippen molar-refractivity contribution in [1.82, 2.24) is 14.9 Å². The number of hydrogen-bond acceptors (Lipinski definition) is 5. The topological polar surface area (TPSA) is 52.5 Å². The molecular weight excluding hydrogens is 357 g/mol. The first-order chi connectivity index (χ1) is 12.7. The molecule has 0 unspecified atom stereocenters. The fraction of sp³-hybridized carbons (Fsp3) is 0.474. The molecule has 27 heavy (non-hydrogen) atoms. The molecule has 0 aliphatic carbocycles. The van der Waals surface area contributed by atoms with Crippen molar-refractivity contribution in [2.24, 2.45) is 0 Å². The highest BCUT2D eigenvalue weighted by molar-refractivity contribution is 5.29. The van der Waals surface area contributed by atoms with E-state index < -0.39 is 17.3 Å². The van der Waals surface area contributed by atoms with Crippen LogP contribution < -0.4 is 4.90 Å². The van der Waals surface area contributed by atoms with Gasteiger partial charge in [-0.2, -0.15) is 13.2 Å². The highest BCUT2D eigenvalue weighted by Crippen LogP contribution is 2.35. The number of benzene rings is 1. The Kier molecular flexibility index (Phi) is 5.39. The van der Waals surface area contributed by atoms with Gasteiger partial charge in [0.15, 0.2) is 0 Å². The Balaban J connectivity index is 1.60. The Hall–Kier alpha value is -2.19. The van der Waals surface area contributed by atoms with E-state index in [9.17, 15) is 18.3 Å². The van der Waals surface area contributed by atoms with Gasteiger partial charge >= 0.3 is 6.18 Å². The highest BCUT2D eigenvalue weighted by Gasteiger charge is 2.35. The van der Waals surface area contributed by atoms with Gasteiger partial charge in [-0.05, 0) is 30.5 Å². The van der Waals surface area contributed by atoms with Crippen LogP contribution in [0, 0.1) is 0 Å². The van der Waals surface area contributed by atoms with Crippen molar-refractivity contribution in [2.75, 3.05) is 32.1 Å². The van der Waals surface area contributed by atoms with Gasteiger partial charge in [0, 0.05) is 51.7 Å². The molecule has 1 aromatic heterocycles. The van der Waals surface area contributed by atoms with E-state index in [-0.39, 0.29) is 0 Å². The third kappa shape index (κ3) is 4.56. The van der Waals surface area contributed by atoms with Gasteiger partial charge in [-0.25, -0.2) is 9.97 Å². The Bertz CT molecular complexity index is 752. The normalized spacial score (nSPS) is 17.7. The van der Waals surface area contributed by atoms with Crippen LogP contribution in [0.25, 0.3) is 0 Å². The second-order valence-electron chi connectivity index (χ2n) is 7.17. The minimum atomic E-state index is -4.37. The van der Waals surface area contributed by atoms with Crippen molar-refractivity contribution in [3.05, 3.63) is 53.3 Å². The van der Waals surface area contributed by atoms with Crippen LogP contribution in [-0.2, 0) is 18.3 Å². The number of halogens is 3. The smallest absolute Gasteiger partial charge is 0.385 e. The zero-order chi connectivity index (χ0) is 19.7. The summed E-state index contributed by atoms with van der Waals surface area (Å²) in [7, 11) is 3.75. The standard InChI is InChI=1S/C19H23F3N4O/c1-25(2)17-23-11-14(12-24-17)13-26-9-7-18(27,8-10-26)15-3-5-16(6-4-15)19(20,21)22/h3-6,11-12,27H,7-10,13H2,1-2H3. The van der Waals surface area contributed by atoms with Gasteiger partial charge in [0.2, 0.25) is 5.95 Å². The van der Waals surface area contributed by atoms with Crippen molar-refractivity contribution in [3.63, 3.8) is 0 Å². The molecule has 1 aromatic carbocycles. The fourth-order valence-electron chi connectivity index (χ4n) is 3.26. The minimum Gasteiger partial charge on any atom is -0.385 e. The number of anilines is 1. The Morgan fingerprint density at radius 2 is 1.63 bits per heavy atom. The monoisotopic (exact) mass is 380 g/mol. The van der Waals surface area contributed by atoms with Crippen LogP contribution in [0.3, 0.4) is 0 Å². The maximum absolute atomic E-state index is 12.7. The van der Waals surface area contributed by atoms with E-state index in [1.54, 1.807) is 12.4 Å². The molecule has 5 nitrogen and oxygen atoms in total. The number of rotatable bonds is 4. The van der Waals surface area contributed by atoms with E-state index in [0.29, 0.717) is 44.0 Å². The zero-order valence-corrected chi connectivity index (χ0v) is 15.4. The number of hydrogen-bond donors (Lipinski definition) is 1. The Morgan fingerprint density at radius 3 is 2.11 bits per heavy atom. The molecule has 0 radical (unpaired) electrons. The molecular formula is C19H23F3N4O. The molecule has 0 amide bonds. The predicted octanol–water partition coefficient (Wildman–Crippen LogP) is 3.05. The molecule has 1 fully saturated rings. The van der Waals surface area contributed by atoms with Gasteiger partial charge in [0.25, 0.3) is 0 Å². The Labute approximate surface area is 156 Å². The van der Waals surface area contributed by atoms with Crippen LogP contribution in [0.15, 0.2) is 36.7 Å². The number of alkyl halides is 3. The minimum absolute atomic E-state index is 0.467. The third-order valence-electron chi connectivity index (χ3n) is 4.93. The lowest BCUT2D eigenvalue weighted by Gasteiger charge is -2.38. The fourth-order valence-corrected chi connectivity index (χ4v) is 3.26. The lowest BCUT2D eigenvalue weighted by Crippen LogP contribution is -2.42. The summed E-state index contributed by atoms with van der Waals surface area (Å²) in [5, 5.41) is 10.9. The van der Waals surface area contributed by atoms with Gasteiger partial charge in [-0.3, -0.25) is 4.90 Å². The predicted molar refractivity (Wildman–Crippen MR) is 96.2 cm³/mol. The zero-order valence-electron chi connectivity index (χ0n) is 15.4. The van der Waals surface area contributed by atoms with Crippen molar-refractivity contribution < 1.29 is 18.3 Å². The summed E-state index contributed by atoms with van der Waals surface area (Å²) in [4.78, 5) is 12.6. The molecule has 2 aromatic rings. The lowest BCUT2D eigenvalue weighted by atomic mass is 9.84. The summed E-state index contributed by atoms with van der Waals surface area (Å²) in [6.45, 7) is 1.97. The van der Waals surface area contributed by atoms with Crippen LogP contribution in [-0.4, -0.2) is 47.2 Å². The number of aromatic nitrogens is 2. The summed E-state index contributed by atoms with van der Waals surface area (Å²) in [6.07, 6.45) is 0.150. The van der Waals surface area contributed by atoms with Crippen LogP contribution in [0.2, 0.25) is 0 Å². The molecule has 3 rings (SSSR count). The summed E-state index contributed by atoms with van der Waals surface area (Å²) in [6, 6.07) is 4.82. The van der Waals surface area contributed by atoms with E-state index in [0.717, 1.165) is 17.7 Å². The molecule has 1 N–H and O–H groups in total. The number of aliphatic hydroxyl groups is 1. The molecule has 2 heterocycles. The van der Waals surface area contributed by atoms with Gasteiger partial charge in [0.05, 0.1) is 11.2 Å². The van der Waals surface area contributed by atoms with E-state index >= 15 is 0 Å². The van der Waals surface area contributed by atoms with Crippen LogP contribution in [0.1, 0.15) is 29.5 Å². The van der Waals surface area contributed by atoms with Crippen molar-refractivity contribution in [1.29, 1.82) is 0 Å². The van der Waals surface area contributed by atoms with E-state index in [4.69, 9.17) is 0 Å². The first kappa shape index (κ1) is 19.6. The quantitative estimate of drug-likeness (QED) is 0.884. The number of nitrogens with zero attached hydrogens (tertiary/aromatic N) is 4.